The maximum atomic E-state index is 12.5. The fourth-order valence-electron chi connectivity index (χ4n) is 3.04. The fraction of sp³-hybridized carbons (Fsp3) is 0.400. The molecule has 0 radical (unpaired) electrons. The second-order valence-electron chi connectivity index (χ2n) is 5.56. The molecule has 1 aromatic carbocycles. The molecule has 7 heteroatoms. The molecule has 118 valence electrons. The van der Waals surface area contributed by atoms with Crippen LogP contribution in [0, 0.1) is 0 Å². The van der Waals surface area contributed by atoms with Crippen LogP contribution in [-0.4, -0.2) is 28.7 Å². The zero-order valence-corrected chi connectivity index (χ0v) is 13.0. The highest BCUT2D eigenvalue weighted by Gasteiger charge is 2.39. The lowest BCUT2D eigenvalue weighted by atomic mass is 9.99. The lowest BCUT2D eigenvalue weighted by Crippen LogP contribution is -2.52. The Morgan fingerprint density at radius 3 is 2.68 bits per heavy atom. The zero-order valence-electron chi connectivity index (χ0n) is 12.2. The smallest absolute Gasteiger partial charge is 0.255 e. The van der Waals surface area contributed by atoms with E-state index in [1.807, 2.05) is 19.1 Å². The predicted octanol–water partition coefficient (Wildman–Crippen LogP) is 0.889. The molecule has 2 atom stereocenters. The molecular formula is C15H18ClN3O3. The molecule has 1 aromatic rings. The van der Waals surface area contributed by atoms with Crippen molar-refractivity contribution in [2.45, 2.75) is 38.4 Å². The fourth-order valence-corrected chi connectivity index (χ4v) is 3.04. The normalized spacial score (nSPS) is 22.0. The first-order chi connectivity index (χ1) is 9.99. The molecule has 3 rings (SSSR count). The molecule has 0 aromatic heterocycles. The first kappa shape index (κ1) is 16.5. The first-order valence-electron chi connectivity index (χ1n) is 7.01. The average Bonchev–Trinajstić information content (AvgIpc) is 2.76. The van der Waals surface area contributed by atoms with Crippen molar-refractivity contribution in [1.82, 2.24) is 10.2 Å². The number of nitrogens with one attached hydrogen (secondary N) is 1. The van der Waals surface area contributed by atoms with E-state index in [4.69, 9.17) is 5.73 Å². The van der Waals surface area contributed by atoms with E-state index >= 15 is 0 Å². The van der Waals surface area contributed by atoms with Gasteiger partial charge < -0.3 is 10.6 Å². The van der Waals surface area contributed by atoms with Gasteiger partial charge in [0.1, 0.15) is 6.04 Å². The standard InChI is InChI=1S/C15H17N3O3.ClH/c1-8(16)9-3-2-4-10-11(9)7-18(15(10)21)12-5-6-13(19)17-14(12)20;/h2-4,8,12H,5-7,16H2,1H3,(H,17,19,20);1H. The van der Waals surface area contributed by atoms with Crippen molar-refractivity contribution in [3.05, 3.63) is 34.9 Å². The number of hydrogen-bond donors (Lipinski definition) is 2. The number of amides is 3. The third kappa shape index (κ3) is 2.60. The van der Waals surface area contributed by atoms with Crippen LogP contribution in [0.15, 0.2) is 18.2 Å². The largest absolute Gasteiger partial charge is 0.324 e. The third-order valence-electron chi connectivity index (χ3n) is 4.11. The molecule has 0 aliphatic carbocycles. The minimum atomic E-state index is -0.580. The SMILES string of the molecule is CC(N)c1cccc2c1CN(C1CCC(=O)NC1=O)C2=O.Cl. The molecular weight excluding hydrogens is 306 g/mol. The Hall–Kier alpha value is -1.92. The van der Waals surface area contributed by atoms with Crippen LogP contribution in [0.4, 0.5) is 0 Å². The number of halogens is 1. The van der Waals surface area contributed by atoms with Crippen molar-refractivity contribution in [3.8, 4) is 0 Å². The Morgan fingerprint density at radius 2 is 2.05 bits per heavy atom. The Bertz CT molecular complexity index is 645. The number of rotatable bonds is 2. The molecule has 3 amide bonds. The molecule has 6 nitrogen and oxygen atoms in total. The van der Waals surface area contributed by atoms with Crippen LogP contribution in [0.3, 0.4) is 0 Å². The van der Waals surface area contributed by atoms with Gasteiger partial charge in [-0.3, -0.25) is 19.7 Å². The van der Waals surface area contributed by atoms with Gasteiger partial charge >= 0.3 is 0 Å². The van der Waals surface area contributed by atoms with Crippen molar-refractivity contribution >= 4 is 30.1 Å². The van der Waals surface area contributed by atoms with Gasteiger partial charge in [0.2, 0.25) is 11.8 Å². The van der Waals surface area contributed by atoms with Gasteiger partial charge in [-0.2, -0.15) is 0 Å². The van der Waals surface area contributed by atoms with Crippen molar-refractivity contribution < 1.29 is 14.4 Å². The van der Waals surface area contributed by atoms with E-state index in [0.717, 1.165) is 11.1 Å². The van der Waals surface area contributed by atoms with E-state index in [1.54, 1.807) is 11.0 Å². The summed E-state index contributed by atoms with van der Waals surface area (Å²) >= 11 is 0. The predicted molar refractivity (Wildman–Crippen MR) is 82.3 cm³/mol. The van der Waals surface area contributed by atoms with Gasteiger partial charge in [0.15, 0.2) is 0 Å². The third-order valence-corrected chi connectivity index (χ3v) is 4.11. The number of nitrogens with two attached hydrogens (primary N) is 1. The maximum absolute atomic E-state index is 12.5. The van der Waals surface area contributed by atoms with Crippen LogP contribution in [0.25, 0.3) is 0 Å². The summed E-state index contributed by atoms with van der Waals surface area (Å²) in [6, 6.07) is 4.72. The van der Waals surface area contributed by atoms with Crippen LogP contribution in [0.5, 0.6) is 0 Å². The summed E-state index contributed by atoms with van der Waals surface area (Å²) in [6.45, 7) is 2.24. The summed E-state index contributed by atoms with van der Waals surface area (Å²) in [5.41, 5.74) is 8.37. The van der Waals surface area contributed by atoms with E-state index in [1.165, 1.54) is 0 Å². The summed E-state index contributed by atoms with van der Waals surface area (Å²) in [7, 11) is 0. The average molecular weight is 324 g/mol. The zero-order chi connectivity index (χ0) is 15.1. The van der Waals surface area contributed by atoms with Crippen LogP contribution in [0.1, 0.15) is 47.3 Å². The van der Waals surface area contributed by atoms with Gasteiger partial charge in [0, 0.05) is 24.6 Å². The first-order valence-corrected chi connectivity index (χ1v) is 7.01. The lowest BCUT2D eigenvalue weighted by Gasteiger charge is -2.29. The number of carbonyl (C=O) groups excluding carboxylic acids is 3. The van der Waals surface area contributed by atoms with Crippen molar-refractivity contribution in [2.24, 2.45) is 5.73 Å². The maximum Gasteiger partial charge on any atom is 0.255 e. The summed E-state index contributed by atoms with van der Waals surface area (Å²) < 4.78 is 0. The number of fused-ring (bicyclic) bond motifs is 1. The molecule has 0 bridgehead atoms. The van der Waals surface area contributed by atoms with Crippen molar-refractivity contribution in [2.75, 3.05) is 0 Å². The van der Waals surface area contributed by atoms with Crippen molar-refractivity contribution in [1.29, 1.82) is 0 Å². The van der Waals surface area contributed by atoms with Crippen LogP contribution in [-0.2, 0) is 16.1 Å². The van der Waals surface area contributed by atoms with Gasteiger partial charge in [-0.05, 0) is 30.5 Å². The van der Waals surface area contributed by atoms with Gasteiger partial charge in [-0.15, -0.1) is 12.4 Å². The number of benzene rings is 1. The molecule has 2 aliphatic rings. The molecule has 2 aliphatic heterocycles. The molecule has 0 spiro atoms. The van der Waals surface area contributed by atoms with Gasteiger partial charge in [0.05, 0.1) is 0 Å². The lowest BCUT2D eigenvalue weighted by molar-refractivity contribution is -0.136. The molecule has 3 N–H and O–H groups in total. The van der Waals surface area contributed by atoms with Crippen LogP contribution in [0.2, 0.25) is 0 Å². The minimum Gasteiger partial charge on any atom is -0.324 e. The summed E-state index contributed by atoms with van der Waals surface area (Å²) in [4.78, 5) is 37.2. The highest BCUT2D eigenvalue weighted by atomic mass is 35.5. The number of piperidine rings is 1. The summed E-state index contributed by atoms with van der Waals surface area (Å²) in [6.07, 6.45) is 0.634. The number of hydrogen-bond acceptors (Lipinski definition) is 4. The molecule has 1 fully saturated rings. The van der Waals surface area contributed by atoms with E-state index in [2.05, 4.69) is 5.32 Å². The van der Waals surface area contributed by atoms with Gasteiger partial charge in [0.25, 0.3) is 5.91 Å². The Labute approximate surface area is 134 Å². The van der Waals surface area contributed by atoms with Crippen LogP contribution >= 0.6 is 12.4 Å². The van der Waals surface area contributed by atoms with E-state index in [9.17, 15) is 14.4 Å². The molecule has 2 heterocycles. The highest BCUT2D eigenvalue weighted by molar-refractivity contribution is 6.05. The second kappa shape index (κ2) is 6.06. The number of imide groups is 1. The topological polar surface area (TPSA) is 92.5 Å². The summed E-state index contributed by atoms with van der Waals surface area (Å²) in [5, 5.41) is 2.29. The van der Waals surface area contributed by atoms with Gasteiger partial charge in [-0.1, -0.05) is 12.1 Å². The molecule has 2 unspecified atom stereocenters. The second-order valence-corrected chi connectivity index (χ2v) is 5.56. The Balaban J connectivity index is 0.00000176. The monoisotopic (exact) mass is 323 g/mol. The molecule has 0 saturated carbocycles. The highest BCUT2D eigenvalue weighted by Crippen LogP contribution is 2.31. The number of carbonyl (C=O) groups is 3. The van der Waals surface area contributed by atoms with Crippen molar-refractivity contribution in [3.63, 3.8) is 0 Å². The van der Waals surface area contributed by atoms with E-state index in [-0.39, 0.29) is 36.7 Å². The Kier molecular flexibility index (Phi) is 4.53. The van der Waals surface area contributed by atoms with E-state index in [0.29, 0.717) is 18.5 Å². The number of nitrogens with zero attached hydrogens (tertiary/aromatic N) is 1. The van der Waals surface area contributed by atoms with Crippen LogP contribution < -0.4 is 11.1 Å². The molecule has 22 heavy (non-hydrogen) atoms. The molecule has 1 saturated heterocycles. The quantitative estimate of drug-likeness (QED) is 0.790. The summed E-state index contributed by atoms with van der Waals surface area (Å²) in [5.74, 6) is -0.839. The van der Waals surface area contributed by atoms with Gasteiger partial charge in [-0.25, -0.2) is 0 Å². The Morgan fingerprint density at radius 1 is 1.32 bits per heavy atom. The minimum absolute atomic E-state index is 0. The van der Waals surface area contributed by atoms with E-state index < -0.39 is 11.9 Å².